The zero-order chi connectivity index (χ0) is 14.1. The van der Waals surface area contributed by atoms with Crippen LogP contribution in [-0.4, -0.2) is 42.1 Å². The van der Waals surface area contributed by atoms with Gasteiger partial charge in [0.15, 0.2) is 5.78 Å². The minimum atomic E-state index is -0.327. The molecule has 1 aromatic rings. The molecule has 0 saturated heterocycles. The summed E-state index contributed by atoms with van der Waals surface area (Å²) in [6, 6.07) is 5.65. The van der Waals surface area contributed by atoms with E-state index in [0.717, 1.165) is 26.1 Å². The second kappa shape index (κ2) is 11.3. The van der Waals surface area contributed by atoms with Gasteiger partial charge in [-0.1, -0.05) is 0 Å². The van der Waals surface area contributed by atoms with E-state index in [1.54, 1.807) is 0 Å². The first-order valence-electron chi connectivity index (χ1n) is 6.30. The van der Waals surface area contributed by atoms with Crippen molar-refractivity contribution in [3.63, 3.8) is 0 Å². The highest BCUT2D eigenvalue weighted by atomic mass is 35.5. The van der Waals surface area contributed by atoms with E-state index in [-0.39, 0.29) is 24.0 Å². The molecule has 0 amide bonds. The van der Waals surface area contributed by atoms with Crippen LogP contribution in [-0.2, 0) is 0 Å². The normalized spacial score (nSPS) is 10.4. The largest absolute Gasteiger partial charge is 0.301 e. The monoisotopic (exact) mass is 341 g/mol. The summed E-state index contributed by atoms with van der Waals surface area (Å²) in [6.45, 7) is 2.35. The summed E-state index contributed by atoms with van der Waals surface area (Å²) in [7, 11) is 0. The molecule has 0 aliphatic heterocycles. The number of alkyl halides is 2. The van der Waals surface area contributed by atoms with Crippen LogP contribution in [0.1, 0.15) is 23.2 Å². The highest BCUT2D eigenvalue weighted by Crippen LogP contribution is 2.08. The molecule has 0 bridgehead atoms. The highest BCUT2D eigenvalue weighted by Gasteiger charge is 2.08. The summed E-state index contributed by atoms with van der Waals surface area (Å²) in [5, 5.41) is 0. The molecule has 1 aromatic carbocycles. The minimum absolute atomic E-state index is 0. The van der Waals surface area contributed by atoms with Gasteiger partial charge in [0.2, 0.25) is 0 Å². The van der Waals surface area contributed by atoms with Gasteiger partial charge in [0.05, 0.1) is 0 Å². The molecule has 0 radical (unpaired) electrons. The molecule has 0 unspecified atom stereocenters. The number of hydrogen-bond acceptors (Lipinski definition) is 2. The van der Waals surface area contributed by atoms with Crippen LogP contribution in [0, 0.1) is 5.82 Å². The number of ketones is 1. The van der Waals surface area contributed by atoms with Crippen molar-refractivity contribution in [3.05, 3.63) is 35.6 Å². The molecule has 0 atom stereocenters. The van der Waals surface area contributed by atoms with Crippen molar-refractivity contribution in [2.75, 3.05) is 31.4 Å². The average Bonchev–Trinajstić information content (AvgIpc) is 2.40. The number of carbonyl (C=O) groups excluding carboxylic acids is 1. The third-order valence-corrected chi connectivity index (χ3v) is 3.18. The number of carbonyl (C=O) groups is 1. The third-order valence-electron chi connectivity index (χ3n) is 2.85. The number of nitrogens with zero attached hydrogens (tertiary/aromatic N) is 1. The number of benzene rings is 1. The summed E-state index contributed by atoms with van der Waals surface area (Å²) in [4.78, 5) is 14.0. The Morgan fingerprint density at radius 1 is 1.05 bits per heavy atom. The van der Waals surface area contributed by atoms with Crippen LogP contribution in [0.4, 0.5) is 4.39 Å². The second-order valence-corrected chi connectivity index (χ2v) is 5.01. The zero-order valence-corrected chi connectivity index (χ0v) is 13.5. The van der Waals surface area contributed by atoms with Crippen molar-refractivity contribution in [1.82, 2.24) is 4.90 Å². The second-order valence-electron chi connectivity index (χ2n) is 4.25. The van der Waals surface area contributed by atoms with E-state index in [1.807, 2.05) is 0 Å². The van der Waals surface area contributed by atoms with Gasteiger partial charge in [0.1, 0.15) is 5.82 Å². The van der Waals surface area contributed by atoms with Crippen LogP contribution in [0.25, 0.3) is 0 Å². The topological polar surface area (TPSA) is 20.3 Å². The molecule has 0 aliphatic rings. The van der Waals surface area contributed by atoms with Gasteiger partial charge in [-0.15, -0.1) is 35.6 Å². The lowest BCUT2D eigenvalue weighted by Crippen LogP contribution is -2.29. The van der Waals surface area contributed by atoms with E-state index in [9.17, 15) is 9.18 Å². The maximum absolute atomic E-state index is 12.7. The van der Waals surface area contributed by atoms with Crippen molar-refractivity contribution in [3.8, 4) is 0 Å². The van der Waals surface area contributed by atoms with Gasteiger partial charge in [0, 0.05) is 36.8 Å². The van der Waals surface area contributed by atoms with E-state index in [2.05, 4.69) is 4.90 Å². The molecule has 0 N–H and O–H groups in total. The van der Waals surface area contributed by atoms with Crippen molar-refractivity contribution in [2.45, 2.75) is 12.8 Å². The van der Waals surface area contributed by atoms with Gasteiger partial charge in [-0.2, -0.15) is 0 Å². The van der Waals surface area contributed by atoms with Crippen LogP contribution < -0.4 is 0 Å². The summed E-state index contributed by atoms with van der Waals surface area (Å²) < 4.78 is 12.7. The maximum Gasteiger partial charge on any atom is 0.162 e. The van der Waals surface area contributed by atoms with Gasteiger partial charge in [0.25, 0.3) is 0 Å². The maximum atomic E-state index is 12.7. The summed E-state index contributed by atoms with van der Waals surface area (Å²) in [5.41, 5.74) is 0.558. The smallest absolute Gasteiger partial charge is 0.162 e. The summed E-state index contributed by atoms with van der Waals surface area (Å²) in [6.07, 6.45) is 1.21. The Kier molecular flexibility index (Phi) is 11.1. The van der Waals surface area contributed by atoms with Gasteiger partial charge in [-0.3, -0.25) is 4.79 Å². The van der Waals surface area contributed by atoms with E-state index in [0.29, 0.717) is 23.7 Å². The van der Waals surface area contributed by atoms with E-state index >= 15 is 0 Å². The molecular weight excluding hydrogens is 324 g/mol. The van der Waals surface area contributed by atoms with Crippen LogP contribution in [0.15, 0.2) is 24.3 Å². The Morgan fingerprint density at radius 3 is 2.10 bits per heavy atom. The van der Waals surface area contributed by atoms with Crippen molar-refractivity contribution in [2.24, 2.45) is 0 Å². The van der Waals surface area contributed by atoms with Gasteiger partial charge >= 0.3 is 0 Å². The quantitative estimate of drug-likeness (QED) is 0.499. The summed E-state index contributed by atoms with van der Waals surface area (Å²) in [5.74, 6) is 0.828. The fourth-order valence-corrected chi connectivity index (χ4v) is 2.30. The lowest BCUT2D eigenvalue weighted by atomic mass is 10.1. The van der Waals surface area contributed by atoms with Gasteiger partial charge in [-0.25, -0.2) is 4.39 Å². The highest BCUT2D eigenvalue weighted by molar-refractivity contribution is 6.18. The minimum Gasteiger partial charge on any atom is -0.301 e. The SMILES string of the molecule is Cl.O=C(CCCN(CCCl)CCCl)c1ccc(F)cc1. The van der Waals surface area contributed by atoms with Crippen LogP contribution in [0.3, 0.4) is 0 Å². The van der Waals surface area contributed by atoms with Gasteiger partial charge < -0.3 is 4.90 Å². The number of halogens is 4. The predicted molar refractivity (Wildman–Crippen MR) is 85.1 cm³/mol. The zero-order valence-electron chi connectivity index (χ0n) is 11.2. The van der Waals surface area contributed by atoms with E-state index in [1.165, 1.54) is 24.3 Å². The molecule has 0 spiro atoms. The Morgan fingerprint density at radius 2 is 1.60 bits per heavy atom. The first kappa shape index (κ1) is 19.7. The van der Waals surface area contributed by atoms with Crippen LogP contribution in [0.5, 0.6) is 0 Å². The molecular formula is C14H19Cl3FNO. The molecule has 0 heterocycles. The molecule has 0 saturated carbocycles. The van der Waals surface area contributed by atoms with Gasteiger partial charge in [-0.05, 0) is 37.2 Å². The first-order chi connectivity index (χ1) is 9.17. The lowest BCUT2D eigenvalue weighted by Gasteiger charge is -2.19. The predicted octanol–water partition coefficient (Wildman–Crippen LogP) is 3.99. The molecule has 0 fully saturated rings. The lowest BCUT2D eigenvalue weighted by molar-refractivity contribution is 0.0975. The molecule has 114 valence electrons. The molecule has 0 aromatic heterocycles. The Bertz CT molecular complexity index is 381. The number of hydrogen-bond donors (Lipinski definition) is 0. The first-order valence-corrected chi connectivity index (χ1v) is 7.37. The van der Waals surface area contributed by atoms with Crippen LogP contribution >= 0.6 is 35.6 Å². The molecule has 2 nitrogen and oxygen atoms in total. The molecule has 6 heteroatoms. The average molecular weight is 343 g/mol. The molecule has 0 aliphatic carbocycles. The number of Topliss-reactive ketones (excluding diaryl/α,β-unsaturated/α-hetero) is 1. The fraction of sp³-hybridized carbons (Fsp3) is 0.500. The summed E-state index contributed by atoms with van der Waals surface area (Å²) >= 11 is 11.4. The van der Waals surface area contributed by atoms with E-state index < -0.39 is 0 Å². The Labute approximate surface area is 135 Å². The van der Waals surface area contributed by atoms with Crippen molar-refractivity contribution in [1.29, 1.82) is 0 Å². The van der Waals surface area contributed by atoms with Crippen molar-refractivity contribution >= 4 is 41.4 Å². The Hall–Kier alpha value is -0.350. The van der Waals surface area contributed by atoms with Crippen LogP contribution in [0.2, 0.25) is 0 Å². The third kappa shape index (κ3) is 7.44. The molecule has 20 heavy (non-hydrogen) atoms. The van der Waals surface area contributed by atoms with Crippen molar-refractivity contribution < 1.29 is 9.18 Å². The Balaban J connectivity index is 0.00000361. The standard InChI is InChI=1S/C14H18Cl2FNO.ClH/c15-7-10-18(11-8-16)9-1-2-14(19)12-3-5-13(17)6-4-12;/h3-6H,1-2,7-11H2;1H. The fourth-order valence-electron chi connectivity index (χ4n) is 1.82. The number of rotatable bonds is 9. The molecule has 1 rings (SSSR count). The van der Waals surface area contributed by atoms with E-state index in [4.69, 9.17) is 23.2 Å².